The summed E-state index contributed by atoms with van der Waals surface area (Å²) in [5, 5.41) is 7.44. The molecule has 1 heterocycles. The van der Waals surface area contributed by atoms with Crippen LogP contribution >= 0.6 is 11.3 Å². The number of nitrogens with zero attached hydrogens (tertiary/aromatic N) is 1. The van der Waals surface area contributed by atoms with Crippen LogP contribution in [0.4, 0.5) is 5.13 Å². The third kappa shape index (κ3) is 5.95. The van der Waals surface area contributed by atoms with Crippen molar-refractivity contribution in [3.05, 3.63) is 11.1 Å². The summed E-state index contributed by atoms with van der Waals surface area (Å²) in [5.41, 5.74) is 0.151. The van der Waals surface area contributed by atoms with Crippen LogP contribution in [0.25, 0.3) is 0 Å². The summed E-state index contributed by atoms with van der Waals surface area (Å²) in [7, 11) is 0. The van der Waals surface area contributed by atoms with Crippen LogP contribution in [-0.4, -0.2) is 16.4 Å². The predicted molar refractivity (Wildman–Crippen MR) is 95.3 cm³/mol. The molecule has 0 bridgehead atoms. The van der Waals surface area contributed by atoms with E-state index in [2.05, 4.69) is 57.2 Å². The van der Waals surface area contributed by atoms with Crippen LogP contribution in [0.2, 0.25) is 0 Å². The van der Waals surface area contributed by atoms with Crippen LogP contribution in [0.5, 0.6) is 0 Å². The molecule has 0 fully saturated rings. The van der Waals surface area contributed by atoms with E-state index in [1.54, 1.807) is 11.3 Å². The quantitative estimate of drug-likeness (QED) is 0.699. The van der Waals surface area contributed by atoms with Crippen LogP contribution in [0.3, 0.4) is 0 Å². The first-order valence-corrected chi connectivity index (χ1v) is 9.05. The zero-order chi connectivity index (χ0) is 16.8. The summed E-state index contributed by atoms with van der Waals surface area (Å²) in [6.45, 7) is 13.5. The first kappa shape index (κ1) is 18.9. The molecule has 126 valence electrons. The highest BCUT2D eigenvalue weighted by Gasteiger charge is 2.21. The number of carbonyl (C=O) groups is 1. The molecule has 1 aromatic rings. The van der Waals surface area contributed by atoms with Gasteiger partial charge in [-0.15, -0.1) is 11.3 Å². The van der Waals surface area contributed by atoms with Crippen molar-refractivity contribution in [2.24, 2.45) is 5.41 Å². The number of amides is 1. The number of anilines is 1. The fourth-order valence-electron chi connectivity index (χ4n) is 1.94. The van der Waals surface area contributed by atoms with Gasteiger partial charge in [0.1, 0.15) is 0 Å². The van der Waals surface area contributed by atoms with Gasteiger partial charge >= 0.3 is 0 Å². The SMILES string of the molecule is CCC(C)(C)CC(=O)NCc1cnc(NC(C)(CC)CC)s1. The van der Waals surface area contributed by atoms with Gasteiger partial charge in [0, 0.05) is 23.0 Å². The molecule has 0 saturated carbocycles. The minimum atomic E-state index is 0.0641. The Morgan fingerprint density at radius 1 is 1.18 bits per heavy atom. The maximum Gasteiger partial charge on any atom is 0.220 e. The minimum absolute atomic E-state index is 0.0641. The Morgan fingerprint density at radius 2 is 1.82 bits per heavy atom. The Hall–Kier alpha value is -1.10. The molecular weight excluding hydrogens is 294 g/mol. The Balaban J connectivity index is 2.51. The van der Waals surface area contributed by atoms with Crippen LogP contribution in [0, 0.1) is 5.41 Å². The van der Waals surface area contributed by atoms with E-state index >= 15 is 0 Å². The van der Waals surface area contributed by atoms with Gasteiger partial charge < -0.3 is 10.6 Å². The highest BCUT2D eigenvalue weighted by atomic mass is 32.1. The third-order valence-corrected chi connectivity index (χ3v) is 5.49. The zero-order valence-corrected chi connectivity index (χ0v) is 15.7. The summed E-state index contributed by atoms with van der Waals surface area (Å²) >= 11 is 1.62. The van der Waals surface area contributed by atoms with Gasteiger partial charge in [0.25, 0.3) is 0 Å². The Kier molecular flexibility index (Phi) is 6.85. The minimum Gasteiger partial charge on any atom is -0.356 e. The maximum atomic E-state index is 12.0. The number of hydrogen-bond donors (Lipinski definition) is 2. The second-order valence-electron chi connectivity index (χ2n) is 7.00. The van der Waals surface area contributed by atoms with E-state index in [4.69, 9.17) is 0 Å². The van der Waals surface area contributed by atoms with Gasteiger partial charge in [0.2, 0.25) is 5.91 Å². The lowest BCUT2D eigenvalue weighted by Crippen LogP contribution is -2.32. The molecule has 4 nitrogen and oxygen atoms in total. The van der Waals surface area contributed by atoms with Crippen molar-refractivity contribution < 1.29 is 4.79 Å². The van der Waals surface area contributed by atoms with Gasteiger partial charge in [0.15, 0.2) is 5.13 Å². The van der Waals surface area contributed by atoms with Crippen molar-refractivity contribution >= 4 is 22.4 Å². The number of hydrogen-bond acceptors (Lipinski definition) is 4. The van der Waals surface area contributed by atoms with E-state index in [1.807, 2.05) is 6.20 Å². The number of rotatable bonds is 9. The first-order chi connectivity index (χ1) is 10.2. The Bertz CT molecular complexity index is 478. The molecule has 0 aliphatic heterocycles. The fourth-order valence-corrected chi connectivity index (χ4v) is 2.84. The predicted octanol–water partition coefficient (Wildman–Crippen LogP) is 4.58. The molecule has 0 aliphatic carbocycles. The molecule has 1 aromatic heterocycles. The van der Waals surface area contributed by atoms with E-state index in [0.29, 0.717) is 13.0 Å². The zero-order valence-electron chi connectivity index (χ0n) is 14.9. The first-order valence-electron chi connectivity index (χ1n) is 8.23. The summed E-state index contributed by atoms with van der Waals surface area (Å²) in [4.78, 5) is 17.5. The average molecular weight is 326 g/mol. The molecule has 0 spiro atoms. The molecule has 2 N–H and O–H groups in total. The van der Waals surface area contributed by atoms with Crippen molar-refractivity contribution in [1.82, 2.24) is 10.3 Å². The van der Waals surface area contributed by atoms with Crippen LogP contribution in [-0.2, 0) is 11.3 Å². The molecule has 0 saturated heterocycles. The topological polar surface area (TPSA) is 54.0 Å². The monoisotopic (exact) mass is 325 g/mol. The fraction of sp³-hybridized carbons (Fsp3) is 0.765. The molecule has 1 amide bonds. The van der Waals surface area contributed by atoms with E-state index in [1.165, 1.54) is 0 Å². The largest absolute Gasteiger partial charge is 0.356 e. The number of carbonyl (C=O) groups excluding carboxylic acids is 1. The molecule has 5 heteroatoms. The lowest BCUT2D eigenvalue weighted by Gasteiger charge is -2.27. The van der Waals surface area contributed by atoms with Crippen molar-refractivity contribution in [3.8, 4) is 0 Å². The van der Waals surface area contributed by atoms with E-state index < -0.39 is 0 Å². The van der Waals surface area contributed by atoms with E-state index in [0.717, 1.165) is 29.3 Å². The van der Waals surface area contributed by atoms with E-state index in [9.17, 15) is 4.79 Å². The van der Waals surface area contributed by atoms with Crippen LogP contribution in [0.15, 0.2) is 6.20 Å². The Labute approximate surface area is 139 Å². The summed E-state index contributed by atoms with van der Waals surface area (Å²) in [5.74, 6) is 0.113. The van der Waals surface area contributed by atoms with Gasteiger partial charge in [-0.2, -0.15) is 0 Å². The van der Waals surface area contributed by atoms with Crippen molar-refractivity contribution in [1.29, 1.82) is 0 Å². The number of thiazole rings is 1. The molecular formula is C17H31N3OS. The molecule has 0 radical (unpaired) electrons. The van der Waals surface area contributed by atoms with E-state index in [-0.39, 0.29) is 16.9 Å². The van der Waals surface area contributed by atoms with Crippen molar-refractivity contribution in [2.75, 3.05) is 5.32 Å². The molecule has 0 aromatic carbocycles. The molecule has 1 rings (SSSR count). The van der Waals surface area contributed by atoms with Crippen molar-refractivity contribution in [2.45, 2.75) is 79.3 Å². The van der Waals surface area contributed by atoms with Gasteiger partial charge in [-0.05, 0) is 25.2 Å². The molecule has 0 atom stereocenters. The molecule has 22 heavy (non-hydrogen) atoms. The van der Waals surface area contributed by atoms with Gasteiger partial charge in [-0.25, -0.2) is 4.98 Å². The second-order valence-corrected chi connectivity index (χ2v) is 8.11. The standard InChI is InChI=1S/C17H31N3OS/c1-7-16(4,5)10-14(21)18-11-13-12-19-15(22-13)20-17(6,8-2)9-3/h12H,7-11H2,1-6H3,(H,18,21)(H,19,20). The van der Waals surface area contributed by atoms with Gasteiger partial charge in [0.05, 0.1) is 6.54 Å². The summed E-state index contributed by atoms with van der Waals surface area (Å²) in [6.07, 6.45) is 5.53. The van der Waals surface area contributed by atoms with Crippen molar-refractivity contribution in [3.63, 3.8) is 0 Å². The summed E-state index contributed by atoms with van der Waals surface area (Å²) in [6, 6.07) is 0. The third-order valence-electron chi connectivity index (χ3n) is 4.58. The number of nitrogens with one attached hydrogen (secondary N) is 2. The number of aromatic nitrogens is 1. The smallest absolute Gasteiger partial charge is 0.220 e. The average Bonchev–Trinajstić information content (AvgIpc) is 2.92. The molecule has 0 aliphatic rings. The summed E-state index contributed by atoms with van der Waals surface area (Å²) < 4.78 is 0. The van der Waals surface area contributed by atoms with Crippen LogP contribution < -0.4 is 10.6 Å². The maximum absolute atomic E-state index is 12.0. The second kappa shape index (κ2) is 7.95. The Morgan fingerprint density at radius 3 is 2.36 bits per heavy atom. The molecule has 0 unspecified atom stereocenters. The highest BCUT2D eigenvalue weighted by Crippen LogP contribution is 2.26. The van der Waals surface area contributed by atoms with Gasteiger partial charge in [-0.3, -0.25) is 4.79 Å². The highest BCUT2D eigenvalue weighted by molar-refractivity contribution is 7.15. The lowest BCUT2D eigenvalue weighted by molar-refractivity contribution is -0.123. The lowest BCUT2D eigenvalue weighted by atomic mass is 9.86. The van der Waals surface area contributed by atoms with Crippen LogP contribution in [0.1, 0.15) is 72.1 Å². The normalized spacial score (nSPS) is 12.3. The van der Waals surface area contributed by atoms with Gasteiger partial charge in [-0.1, -0.05) is 41.0 Å².